The van der Waals surface area contributed by atoms with Crippen molar-refractivity contribution in [2.75, 3.05) is 26.3 Å². The van der Waals surface area contributed by atoms with E-state index in [-0.39, 0.29) is 13.2 Å². The van der Waals surface area contributed by atoms with Gasteiger partial charge in [0.1, 0.15) is 0 Å². The quantitative estimate of drug-likeness (QED) is 0.636. The molecule has 1 aromatic rings. The number of benzene rings is 1. The summed E-state index contributed by atoms with van der Waals surface area (Å²) < 4.78 is 0. The zero-order valence-electron chi connectivity index (χ0n) is 10.4. The third-order valence-corrected chi connectivity index (χ3v) is 2.87. The summed E-state index contributed by atoms with van der Waals surface area (Å²) in [5, 5.41) is 17.9. The Hall–Kier alpha value is -0.940. The van der Waals surface area contributed by atoms with Crippen molar-refractivity contribution in [1.29, 1.82) is 0 Å². The third-order valence-electron chi connectivity index (χ3n) is 2.87. The van der Waals surface area contributed by atoms with Crippen molar-refractivity contribution in [2.45, 2.75) is 20.0 Å². The monoisotopic (exact) mass is 238 g/mol. The average molecular weight is 238 g/mol. The summed E-state index contributed by atoms with van der Waals surface area (Å²) in [6, 6.07) is 6.18. The summed E-state index contributed by atoms with van der Waals surface area (Å²) in [7, 11) is 0. The minimum atomic E-state index is 0.111. The number of aryl methyl sites for hydroxylation is 1. The Morgan fingerprint density at radius 3 is 2.29 bits per heavy atom. The van der Waals surface area contributed by atoms with E-state index in [0.29, 0.717) is 19.6 Å². The molecule has 4 nitrogen and oxygen atoms in total. The highest BCUT2D eigenvalue weighted by molar-refractivity contribution is 5.30. The Morgan fingerprint density at radius 1 is 1.18 bits per heavy atom. The molecule has 96 valence electrons. The fraction of sp³-hybridized carbons (Fsp3) is 0.538. The maximum atomic E-state index is 8.95. The number of rotatable bonds is 7. The first-order valence-corrected chi connectivity index (χ1v) is 5.93. The molecule has 1 aromatic carbocycles. The number of hydrogen-bond donors (Lipinski definition) is 3. The van der Waals surface area contributed by atoms with Crippen LogP contribution in [0.5, 0.6) is 0 Å². The van der Waals surface area contributed by atoms with Crippen LogP contribution in [0.25, 0.3) is 0 Å². The maximum Gasteiger partial charge on any atom is 0.0558 e. The van der Waals surface area contributed by atoms with Gasteiger partial charge in [0, 0.05) is 26.2 Å². The molecule has 0 fully saturated rings. The van der Waals surface area contributed by atoms with Gasteiger partial charge < -0.3 is 15.9 Å². The molecule has 0 unspecified atom stereocenters. The first-order valence-electron chi connectivity index (χ1n) is 5.93. The molecule has 0 aliphatic rings. The van der Waals surface area contributed by atoms with Gasteiger partial charge in [0.15, 0.2) is 0 Å². The second-order valence-corrected chi connectivity index (χ2v) is 4.19. The molecule has 0 aliphatic carbocycles. The zero-order chi connectivity index (χ0) is 12.7. The number of nitrogens with zero attached hydrogens (tertiary/aromatic N) is 1. The van der Waals surface area contributed by atoms with Crippen molar-refractivity contribution < 1.29 is 10.2 Å². The van der Waals surface area contributed by atoms with E-state index >= 15 is 0 Å². The highest BCUT2D eigenvalue weighted by atomic mass is 16.3. The summed E-state index contributed by atoms with van der Waals surface area (Å²) in [5.41, 5.74) is 9.13. The molecule has 0 heterocycles. The molecule has 0 radical (unpaired) electrons. The van der Waals surface area contributed by atoms with E-state index in [9.17, 15) is 0 Å². The molecular weight excluding hydrogens is 216 g/mol. The lowest BCUT2D eigenvalue weighted by Gasteiger charge is -2.21. The van der Waals surface area contributed by atoms with Gasteiger partial charge in [-0.15, -0.1) is 0 Å². The van der Waals surface area contributed by atoms with E-state index in [0.717, 1.165) is 12.1 Å². The predicted molar refractivity (Wildman–Crippen MR) is 68.5 cm³/mol. The minimum absolute atomic E-state index is 0.111. The predicted octanol–water partition coefficient (Wildman–Crippen LogP) is 0.240. The lowest BCUT2D eigenvalue weighted by molar-refractivity contribution is 0.155. The van der Waals surface area contributed by atoms with E-state index in [2.05, 4.69) is 19.1 Å². The van der Waals surface area contributed by atoms with Crippen LogP contribution in [0.15, 0.2) is 18.2 Å². The number of nitrogens with two attached hydrogens (primary N) is 1. The Labute approximate surface area is 103 Å². The number of aliphatic hydroxyl groups excluding tert-OH is 2. The summed E-state index contributed by atoms with van der Waals surface area (Å²) in [6.45, 7) is 4.75. The van der Waals surface area contributed by atoms with Gasteiger partial charge in [0.05, 0.1) is 13.2 Å². The first kappa shape index (κ1) is 14.1. The van der Waals surface area contributed by atoms with Crippen molar-refractivity contribution in [3.8, 4) is 0 Å². The second kappa shape index (κ2) is 7.40. The van der Waals surface area contributed by atoms with Crippen LogP contribution in [-0.4, -0.2) is 41.4 Å². The standard InChI is InChI=1S/C13H22N2O2/c1-11-8-12(9-14)2-3-13(11)10-15(4-6-16)5-7-17/h2-3,8,16-17H,4-7,9-10,14H2,1H3. The minimum Gasteiger partial charge on any atom is -0.395 e. The molecule has 0 aromatic heterocycles. The average Bonchev–Trinajstić information content (AvgIpc) is 2.32. The smallest absolute Gasteiger partial charge is 0.0558 e. The number of aliphatic hydroxyl groups is 2. The summed E-state index contributed by atoms with van der Waals surface area (Å²) in [4.78, 5) is 2.03. The number of hydrogen-bond acceptors (Lipinski definition) is 4. The van der Waals surface area contributed by atoms with E-state index in [1.54, 1.807) is 0 Å². The molecular formula is C13H22N2O2. The van der Waals surface area contributed by atoms with Crippen molar-refractivity contribution in [3.63, 3.8) is 0 Å². The van der Waals surface area contributed by atoms with Crippen LogP contribution in [0.3, 0.4) is 0 Å². The van der Waals surface area contributed by atoms with Crippen LogP contribution in [0.1, 0.15) is 16.7 Å². The van der Waals surface area contributed by atoms with Gasteiger partial charge in [-0.25, -0.2) is 0 Å². The topological polar surface area (TPSA) is 69.7 Å². The van der Waals surface area contributed by atoms with Gasteiger partial charge >= 0.3 is 0 Å². The van der Waals surface area contributed by atoms with Crippen LogP contribution in [-0.2, 0) is 13.1 Å². The van der Waals surface area contributed by atoms with E-state index in [1.807, 2.05) is 11.0 Å². The van der Waals surface area contributed by atoms with Gasteiger partial charge in [0.25, 0.3) is 0 Å². The Bertz CT molecular complexity index is 336. The summed E-state index contributed by atoms with van der Waals surface area (Å²) in [5.74, 6) is 0. The van der Waals surface area contributed by atoms with Crippen LogP contribution < -0.4 is 5.73 Å². The molecule has 0 bridgehead atoms. The van der Waals surface area contributed by atoms with Crippen molar-refractivity contribution in [2.24, 2.45) is 5.73 Å². The normalized spacial score (nSPS) is 11.1. The zero-order valence-corrected chi connectivity index (χ0v) is 10.4. The fourth-order valence-corrected chi connectivity index (χ4v) is 1.86. The Kier molecular flexibility index (Phi) is 6.15. The fourth-order valence-electron chi connectivity index (χ4n) is 1.86. The molecule has 0 atom stereocenters. The van der Waals surface area contributed by atoms with E-state index in [4.69, 9.17) is 15.9 Å². The first-order chi connectivity index (χ1) is 8.21. The molecule has 0 saturated carbocycles. The molecule has 4 heteroatoms. The van der Waals surface area contributed by atoms with Crippen molar-refractivity contribution in [3.05, 3.63) is 34.9 Å². The summed E-state index contributed by atoms with van der Waals surface area (Å²) >= 11 is 0. The largest absolute Gasteiger partial charge is 0.395 e. The highest BCUT2D eigenvalue weighted by Gasteiger charge is 2.07. The van der Waals surface area contributed by atoms with Crippen LogP contribution in [0.4, 0.5) is 0 Å². The molecule has 17 heavy (non-hydrogen) atoms. The van der Waals surface area contributed by atoms with Gasteiger partial charge in [-0.05, 0) is 23.6 Å². The lowest BCUT2D eigenvalue weighted by atomic mass is 10.0. The van der Waals surface area contributed by atoms with Crippen LogP contribution in [0, 0.1) is 6.92 Å². The molecule has 0 amide bonds. The Morgan fingerprint density at radius 2 is 1.82 bits per heavy atom. The van der Waals surface area contributed by atoms with E-state index < -0.39 is 0 Å². The maximum absolute atomic E-state index is 8.95. The molecule has 0 spiro atoms. The van der Waals surface area contributed by atoms with Crippen LogP contribution in [0.2, 0.25) is 0 Å². The highest BCUT2D eigenvalue weighted by Crippen LogP contribution is 2.13. The Balaban J connectivity index is 2.71. The molecule has 0 saturated heterocycles. The third kappa shape index (κ3) is 4.44. The SMILES string of the molecule is Cc1cc(CN)ccc1CN(CCO)CCO. The van der Waals surface area contributed by atoms with Gasteiger partial charge in [-0.1, -0.05) is 18.2 Å². The van der Waals surface area contributed by atoms with Crippen molar-refractivity contribution >= 4 is 0 Å². The molecule has 0 aliphatic heterocycles. The van der Waals surface area contributed by atoms with Gasteiger partial charge in [0.2, 0.25) is 0 Å². The van der Waals surface area contributed by atoms with Crippen molar-refractivity contribution in [1.82, 2.24) is 4.90 Å². The lowest BCUT2D eigenvalue weighted by Crippen LogP contribution is -2.29. The van der Waals surface area contributed by atoms with E-state index in [1.165, 1.54) is 11.1 Å². The van der Waals surface area contributed by atoms with Gasteiger partial charge in [-0.3, -0.25) is 4.90 Å². The van der Waals surface area contributed by atoms with Gasteiger partial charge in [-0.2, -0.15) is 0 Å². The van der Waals surface area contributed by atoms with Crippen LogP contribution >= 0.6 is 0 Å². The molecule has 4 N–H and O–H groups in total. The summed E-state index contributed by atoms with van der Waals surface area (Å²) in [6.07, 6.45) is 0. The second-order valence-electron chi connectivity index (χ2n) is 4.19. The molecule has 1 rings (SSSR count).